The van der Waals surface area contributed by atoms with Crippen molar-refractivity contribution in [2.45, 2.75) is 37.1 Å². The highest BCUT2D eigenvalue weighted by Crippen LogP contribution is 2.46. The first kappa shape index (κ1) is 7.50. The molecule has 13 heavy (non-hydrogen) atoms. The fourth-order valence-corrected chi connectivity index (χ4v) is 1.66. The summed E-state index contributed by atoms with van der Waals surface area (Å²) in [6, 6.07) is 0.768. The predicted molar refractivity (Wildman–Crippen MR) is 46.2 cm³/mol. The van der Waals surface area contributed by atoms with Crippen molar-refractivity contribution in [3.8, 4) is 0 Å². The van der Waals surface area contributed by atoms with Gasteiger partial charge in [-0.05, 0) is 25.7 Å². The van der Waals surface area contributed by atoms with E-state index in [1.807, 2.05) is 0 Å². The molecule has 0 spiro atoms. The van der Waals surface area contributed by atoms with Crippen LogP contribution in [0.4, 0.5) is 0 Å². The first-order valence-electron chi connectivity index (χ1n) is 4.89. The van der Waals surface area contributed by atoms with E-state index in [1.165, 1.54) is 32.1 Å². The Balaban J connectivity index is 1.66. The zero-order chi connectivity index (χ0) is 8.73. The van der Waals surface area contributed by atoms with Crippen molar-refractivity contribution < 1.29 is 4.52 Å². The van der Waals surface area contributed by atoms with E-state index >= 15 is 0 Å². The summed E-state index contributed by atoms with van der Waals surface area (Å²) < 4.78 is 4.77. The second-order valence-corrected chi connectivity index (χ2v) is 4.19. The standard InChI is InChI=1S/C9H13N3O/c1-2-7(1)10-5-9(3-4-9)8-11-6-13-12-8/h6-7,10H,1-5H2. The van der Waals surface area contributed by atoms with Crippen molar-refractivity contribution in [1.82, 2.24) is 15.5 Å². The van der Waals surface area contributed by atoms with Gasteiger partial charge in [-0.15, -0.1) is 0 Å². The second kappa shape index (κ2) is 2.54. The Morgan fingerprint density at radius 3 is 2.92 bits per heavy atom. The third-order valence-electron chi connectivity index (χ3n) is 3.00. The topological polar surface area (TPSA) is 51.0 Å². The molecule has 0 aromatic carbocycles. The van der Waals surface area contributed by atoms with Crippen molar-refractivity contribution >= 4 is 0 Å². The average Bonchev–Trinajstić information content (AvgIpc) is 3.05. The number of hydrogen-bond acceptors (Lipinski definition) is 4. The maximum atomic E-state index is 4.77. The van der Waals surface area contributed by atoms with Crippen LogP contribution in [0.2, 0.25) is 0 Å². The maximum Gasteiger partial charge on any atom is 0.213 e. The number of rotatable bonds is 4. The van der Waals surface area contributed by atoms with Gasteiger partial charge in [0.15, 0.2) is 5.82 Å². The van der Waals surface area contributed by atoms with E-state index in [1.54, 1.807) is 0 Å². The number of nitrogens with zero attached hydrogens (tertiary/aromatic N) is 2. The number of aromatic nitrogens is 2. The molecule has 0 unspecified atom stereocenters. The Labute approximate surface area is 76.7 Å². The SMILES string of the molecule is c1nc(C2(CNC3CC3)CC2)no1. The quantitative estimate of drug-likeness (QED) is 0.744. The van der Waals surface area contributed by atoms with Crippen LogP contribution in [0.15, 0.2) is 10.9 Å². The summed E-state index contributed by atoms with van der Waals surface area (Å²) in [6.07, 6.45) is 6.50. The van der Waals surface area contributed by atoms with E-state index in [0.717, 1.165) is 18.4 Å². The zero-order valence-corrected chi connectivity index (χ0v) is 7.49. The Kier molecular flexibility index (Phi) is 1.47. The fraction of sp³-hybridized carbons (Fsp3) is 0.778. The minimum absolute atomic E-state index is 0.218. The lowest BCUT2D eigenvalue weighted by molar-refractivity contribution is 0.398. The summed E-state index contributed by atoms with van der Waals surface area (Å²) in [5.74, 6) is 0.889. The molecule has 2 fully saturated rings. The molecule has 2 aliphatic carbocycles. The molecule has 0 atom stereocenters. The Morgan fingerprint density at radius 1 is 1.54 bits per heavy atom. The van der Waals surface area contributed by atoms with Crippen LogP contribution in [-0.2, 0) is 5.41 Å². The Hall–Kier alpha value is -0.900. The van der Waals surface area contributed by atoms with E-state index in [9.17, 15) is 0 Å². The summed E-state index contributed by atoms with van der Waals surface area (Å²) in [4.78, 5) is 4.13. The van der Waals surface area contributed by atoms with Gasteiger partial charge in [0, 0.05) is 18.0 Å². The van der Waals surface area contributed by atoms with E-state index in [2.05, 4.69) is 15.5 Å². The molecule has 70 valence electrons. The first-order chi connectivity index (χ1) is 6.39. The molecule has 0 radical (unpaired) electrons. The van der Waals surface area contributed by atoms with Crippen LogP contribution in [-0.4, -0.2) is 22.7 Å². The molecule has 3 rings (SSSR count). The van der Waals surface area contributed by atoms with Gasteiger partial charge in [0.05, 0.1) is 0 Å². The summed E-state index contributed by atoms with van der Waals surface area (Å²) in [5, 5.41) is 7.45. The van der Waals surface area contributed by atoms with Crippen molar-refractivity contribution in [3.05, 3.63) is 12.2 Å². The highest BCUT2D eigenvalue weighted by Gasteiger charge is 2.48. The minimum atomic E-state index is 0.218. The molecule has 1 heterocycles. The molecule has 1 aromatic rings. The fourth-order valence-electron chi connectivity index (χ4n) is 1.66. The van der Waals surface area contributed by atoms with Crippen LogP contribution < -0.4 is 5.32 Å². The van der Waals surface area contributed by atoms with Crippen molar-refractivity contribution in [1.29, 1.82) is 0 Å². The van der Waals surface area contributed by atoms with Gasteiger partial charge in [-0.3, -0.25) is 0 Å². The van der Waals surface area contributed by atoms with E-state index in [4.69, 9.17) is 4.52 Å². The highest BCUT2D eigenvalue weighted by molar-refractivity contribution is 5.17. The Morgan fingerprint density at radius 2 is 2.38 bits per heavy atom. The smallest absolute Gasteiger partial charge is 0.213 e. The van der Waals surface area contributed by atoms with Gasteiger partial charge in [-0.1, -0.05) is 5.16 Å². The monoisotopic (exact) mass is 179 g/mol. The van der Waals surface area contributed by atoms with Crippen molar-refractivity contribution in [2.75, 3.05) is 6.54 Å². The van der Waals surface area contributed by atoms with Gasteiger partial charge < -0.3 is 9.84 Å². The molecule has 2 aliphatic rings. The van der Waals surface area contributed by atoms with Gasteiger partial charge in [-0.2, -0.15) is 4.98 Å². The number of hydrogen-bond donors (Lipinski definition) is 1. The van der Waals surface area contributed by atoms with Crippen molar-refractivity contribution in [2.24, 2.45) is 0 Å². The molecule has 0 aliphatic heterocycles. The maximum absolute atomic E-state index is 4.77. The van der Waals surface area contributed by atoms with Gasteiger partial charge in [0.25, 0.3) is 0 Å². The van der Waals surface area contributed by atoms with Gasteiger partial charge in [-0.25, -0.2) is 0 Å². The van der Waals surface area contributed by atoms with Gasteiger partial charge in [0.2, 0.25) is 6.39 Å². The molecule has 0 saturated heterocycles. The first-order valence-corrected chi connectivity index (χ1v) is 4.89. The predicted octanol–water partition coefficient (Wildman–Crippen LogP) is 0.853. The molecule has 4 nitrogen and oxygen atoms in total. The Bertz CT molecular complexity index is 288. The molecule has 0 bridgehead atoms. The van der Waals surface area contributed by atoms with Gasteiger partial charge >= 0.3 is 0 Å². The van der Waals surface area contributed by atoms with E-state index < -0.39 is 0 Å². The van der Waals surface area contributed by atoms with Crippen molar-refractivity contribution in [3.63, 3.8) is 0 Å². The average molecular weight is 179 g/mol. The molecule has 0 amide bonds. The van der Waals surface area contributed by atoms with Crippen LogP contribution in [0.25, 0.3) is 0 Å². The largest absolute Gasteiger partial charge is 0.343 e. The highest BCUT2D eigenvalue weighted by atomic mass is 16.5. The molecule has 1 N–H and O–H groups in total. The molecular formula is C9H13N3O. The normalized spacial score (nSPS) is 24.6. The molecule has 1 aromatic heterocycles. The zero-order valence-electron chi connectivity index (χ0n) is 7.49. The lowest BCUT2D eigenvalue weighted by atomic mass is 10.1. The third kappa shape index (κ3) is 1.35. The third-order valence-corrected chi connectivity index (χ3v) is 3.00. The lowest BCUT2D eigenvalue weighted by Gasteiger charge is -2.10. The second-order valence-electron chi connectivity index (χ2n) is 4.19. The lowest BCUT2D eigenvalue weighted by Crippen LogP contribution is -2.29. The van der Waals surface area contributed by atoms with Crippen LogP contribution in [0.5, 0.6) is 0 Å². The van der Waals surface area contributed by atoms with Crippen LogP contribution >= 0.6 is 0 Å². The summed E-state index contributed by atoms with van der Waals surface area (Å²) in [6.45, 7) is 1.02. The molecular weight excluding hydrogens is 166 g/mol. The van der Waals surface area contributed by atoms with Gasteiger partial charge in [0.1, 0.15) is 0 Å². The van der Waals surface area contributed by atoms with Crippen LogP contribution in [0.3, 0.4) is 0 Å². The van der Waals surface area contributed by atoms with Crippen LogP contribution in [0.1, 0.15) is 31.5 Å². The minimum Gasteiger partial charge on any atom is -0.343 e. The summed E-state index contributed by atoms with van der Waals surface area (Å²) >= 11 is 0. The summed E-state index contributed by atoms with van der Waals surface area (Å²) in [5.41, 5.74) is 0.218. The van der Waals surface area contributed by atoms with E-state index in [0.29, 0.717) is 0 Å². The summed E-state index contributed by atoms with van der Waals surface area (Å²) in [7, 11) is 0. The van der Waals surface area contributed by atoms with Crippen LogP contribution in [0, 0.1) is 0 Å². The van der Waals surface area contributed by atoms with E-state index in [-0.39, 0.29) is 5.41 Å². The molecule has 4 heteroatoms. The molecule has 2 saturated carbocycles. The number of nitrogens with one attached hydrogen (secondary N) is 1.